The summed E-state index contributed by atoms with van der Waals surface area (Å²) in [5.41, 5.74) is 1.01. The largest absolute Gasteiger partial charge is 0.445 e. The Balaban J connectivity index is 1.93. The van der Waals surface area contributed by atoms with Gasteiger partial charge in [0.1, 0.15) is 12.7 Å². The summed E-state index contributed by atoms with van der Waals surface area (Å²) in [5, 5.41) is 32.7. The van der Waals surface area contributed by atoms with Crippen LogP contribution in [0.15, 0.2) is 54.6 Å². The van der Waals surface area contributed by atoms with Crippen molar-refractivity contribution in [2.75, 3.05) is 6.61 Å². The molecule has 0 saturated heterocycles. The molecule has 132 valence electrons. The van der Waals surface area contributed by atoms with Crippen LogP contribution < -0.4 is 5.32 Å². The van der Waals surface area contributed by atoms with Gasteiger partial charge in [-0.15, -0.1) is 0 Å². The molecule has 0 unspecified atom stereocenters. The van der Waals surface area contributed by atoms with Gasteiger partial charge >= 0.3 is 6.09 Å². The second-order valence-corrected chi connectivity index (χ2v) is 5.29. The van der Waals surface area contributed by atoms with Gasteiger partial charge in [-0.05, 0) is 23.3 Å². The third-order valence-electron chi connectivity index (χ3n) is 3.54. The van der Waals surface area contributed by atoms with Crippen LogP contribution in [0.1, 0.15) is 17.2 Å². The number of alkyl carbamates (subject to hydrolysis) is 1. The lowest BCUT2D eigenvalue weighted by molar-refractivity contribution is -0.384. The van der Waals surface area contributed by atoms with E-state index in [0.717, 1.165) is 5.56 Å². The summed E-state index contributed by atoms with van der Waals surface area (Å²) < 4.78 is 5.04. The molecule has 3 N–H and O–H groups in total. The van der Waals surface area contributed by atoms with Gasteiger partial charge in [0.2, 0.25) is 0 Å². The normalized spacial score (nSPS) is 12.9. The number of nitro benzene ring substituents is 1. The molecule has 0 fully saturated rings. The predicted octanol–water partition coefficient (Wildman–Crippen LogP) is 1.92. The van der Waals surface area contributed by atoms with E-state index in [1.807, 2.05) is 18.2 Å². The summed E-state index contributed by atoms with van der Waals surface area (Å²) >= 11 is 0. The van der Waals surface area contributed by atoms with Crippen LogP contribution >= 0.6 is 0 Å². The topological polar surface area (TPSA) is 122 Å². The molecule has 25 heavy (non-hydrogen) atoms. The van der Waals surface area contributed by atoms with Crippen molar-refractivity contribution < 1.29 is 24.7 Å². The van der Waals surface area contributed by atoms with Crippen molar-refractivity contribution in [3.8, 4) is 0 Å². The zero-order valence-corrected chi connectivity index (χ0v) is 13.2. The maximum Gasteiger partial charge on any atom is 0.407 e. The van der Waals surface area contributed by atoms with E-state index >= 15 is 0 Å². The smallest absolute Gasteiger partial charge is 0.407 e. The van der Waals surface area contributed by atoms with Crippen molar-refractivity contribution in [3.63, 3.8) is 0 Å². The number of aliphatic hydroxyl groups excluding tert-OH is 2. The molecule has 2 rings (SSSR count). The van der Waals surface area contributed by atoms with Crippen LogP contribution in [0.2, 0.25) is 0 Å². The average Bonchev–Trinajstić information content (AvgIpc) is 2.64. The van der Waals surface area contributed by atoms with Gasteiger partial charge in [-0.2, -0.15) is 0 Å². The molecule has 8 heteroatoms. The number of aliphatic hydroxyl groups is 2. The number of carbonyl (C=O) groups is 1. The van der Waals surface area contributed by atoms with Crippen molar-refractivity contribution >= 4 is 11.8 Å². The minimum atomic E-state index is -1.24. The molecule has 0 radical (unpaired) electrons. The Morgan fingerprint density at radius 3 is 2.36 bits per heavy atom. The van der Waals surface area contributed by atoms with Gasteiger partial charge in [-0.25, -0.2) is 4.79 Å². The second-order valence-electron chi connectivity index (χ2n) is 5.29. The molecule has 1 amide bonds. The molecule has 0 aromatic heterocycles. The Bertz CT molecular complexity index is 705. The Morgan fingerprint density at radius 1 is 1.16 bits per heavy atom. The summed E-state index contributed by atoms with van der Waals surface area (Å²) in [6, 6.07) is 13.2. The van der Waals surface area contributed by atoms with Crippen molar-refractivity contribution in [1.29, 1.82) is 0 Å². The fourth-order valence-corrected chi connectivity index (χ4v) is 2.17. The molecule has 2 atom stereocenters. The maximum absolute atomic E-state index is 11.8. The maximum atomic E-state index is 11.8. The van der Waals surface area contributed by atoms with E-state index in [0.29, 0.717) is 5.56 Å². The number of benzene rings is 2. The first-order chi connectivity index (χ1) is 12.0. The highest BCUT2D eigenvalue weighted by Gasteiger charge is 2.23. The number of non-ortho nitro benzene ring substituents is 1. The minimum Gasteiger partial charge on any atom is -0.445 e. The lowest BCUT2D eigenvalue weighted by Crippen LogP contribution is -2.42. The van der Waals surface area contributed by atoms with E-state index in [-0.39, 0.29) is 12.3 Å². The van der Waals surface area contributed by atoms with E-state index in [2.05, 4.69) is 5.32 Å². The van der Waals surface area contributed by atoms with E-state index in [1.165, 1.54) is 24.3 Å². The number of nitro groups is 1. The quantitative estimate of drug-likeness (QED) is 0.520. The number of hydrogen-bond acceptors (Lipinski definition) is 6. The Hall–Kier alpha value is -2.97. The first-order valence-electron chi connectivity index (χ1n) is 7.51. The molecule has 2 aromatic carbocycles. The van der Waals surface area contributed by atoms with Gasteiger partial charge in [-0.3, -0.25) is 10.1 Å². The van der Waals surface area contributed by atoms with Crippen LogP contribution in [0.4, 0.5) is 10.5 Å². The highest BCUT2D eigenvalue weighted by molar-refractivity contribution is 5.67. The fraction of sp³-hybridized carbons (Fsp3) is 0.235. The number of hydrogen-bond donors (Lipinski definition) is 3. The van der Waals surface area contributed by atoms with E-state index < -0.39 is 29.8 Å². The number of nitrogens with zero attached hydrogens (tertiary/aromatic N) is 1. The van der Waals surface area contributed by atoms with Crippen molar-refractivity contribution in [2.45, 2.75) is 18.8 Å². The fourth-order valence-electron chi connectivity index (χ4n) is 2.17. The minimum absolute atomic E-state index is 0.0540. The second kappa shape index (κ2) is 8.76. The summed E-state index contributed by atoms with van der Waals surface area (Å²) in [7, 11) is 0. The van der Waals surface area contributed by atoms with Crippen LogP contribution in [-0.4, -0.2) is 33.9 Å². The first-order valence-corrected chi connectivity index (χ1v) is 7.51. The zero-order chi connectivity index (χ0) is 18.2. The third-order valence-corrected chi connectivity index (χ3v) is 3.54. The monoisotopic (exact) mass is 346 g/mol. The number of amides is 1. The predicted molar refractivity (Wildman–Crippen MR) is 88.7 cm³/mol. The highest BCUT2D eigenvalue weighted by Crippen LogP contribution is 2.20. The van der Waals surface area contributed by atoms with Gasteiger partial charge in [0, 0.05) is 12.1 Å². The lowest BCUT2D eigenvalue weighted by atomic mass is 10.0. The number of rotatable bonds is 7. The van der Waals surface area contributed by atoms with Gasteiger partial charge in [-0.1, -0.05) is 30.3 Å². The van der Waals surface area contributed by atoms with Gasteiger partial charge in [0.05, 0.1) is 17.6 Å². The summed E-state index contributed by atoms with van der Waals surface area (Å²) in [6.07, 6.45) is -2.03. The Labute approximate surface area is 143 Å². The molecule has 0 spiro atoms. The SMILES string of the molecule is O=C(N[C@@H](CO)[C@@H](O)c1ccc([N+](=O)[O-])cc1)OCc1ccccc1. The van der Waals surface area contributed by atoms with Crippen molar-refractivity contribution in [1.82, 2.24) is 5.32 Å². The van der Waals surface area contributed by atoms with E-state index in [9.17, 15) is 25.1 Å². The molecule has 0 saturated carbocycles. The number of nitrogens with one attached hydrogen (secondary N) is 1. The molecular formula is C17H18N2O6. The first kappa shape index (κ1) is 18.4. The average molecular weight is 346 g/mol. The van der Waals surface area contributed by atoms with Gasteiger partial charge < -0.3 is 20.3 Å². The molecule has 0 heterocycles. The van der Waals surface area contributed by atoms with E-state index in [4.69, 9.17) is 4.74 Å². The van der Waals surface area contributed by atoms with Crippen LogP contribution in [-0.2, 0) is 11.3 Å². The lowest BCUT2D eigenvalue weighted by Gasteiger charge is -2.22. The third kappa shape index (κ3) is 5.27. The molecule has 0 aliphatic rings. The summed E-state index contributed by atoms with van der Waals surface area (Å²) in [4.78, 5) is 21.9. The molecular weight excluding hydrogens is 328 g/mol. The Kier molecular flexibility index (Phi) is 6.44. The molecule has 8 nitrogen and oxygen atoms in total. The van der Waals surface area contributed by atoms with Gasteiger partial charge in [0.25, 0.3) is 5.69 Å². The van der Waals surface area contributed by atoms with E-state index in [1.54, 1.807) is 12.1 Å². The van der Waals surface area contributed by atoms with Crippen LogP contribution in [0, 0.1) is 10.1 Å². The van der Waals surface area contributed by atoms with Gasteiger partial charge in [0.15, 0.2) is 0 Å². The van der Waals surface area contributed by atoms with Crippen molar-refractivity contribution in [3.05, 3.63) is 75.8 Å². The zero-order valence-electron chi connectivity index (χ0n) is 13.2. The Morgan fingerprint density at radius 2 is 1.80 bits per heavy atom. The summed E-state index contributed by atoms with van der Waals surface area (Å²) in [6.45, 7) is -0.475. The van der Waals surface area contributed by atoms with Crippen molar-refractivity contribution in [2.24, 2.45) is 0 Å². The van der Waals surface area contributed by atoms with Crippen LogP contribution in [0.3, 0.4) is 0 Å². The standard InChI is InChI=1S/C17H18N2O6/c20-10-15(16(21)13-6-8-14(9-7-13)19(23)24)18-17(22)25-11-12-4-2-1-3-5-12/h1-9,15-16,20-21H,10-11H2,(H,18,22)/t15-,16-/m0/s1. The van der Waals surface area contributed by atoms with Crippen LogP contribution in [0.5, 0.6) is 0 Å². The number of ether oxygens (including phenoxy) is 1. The molecule has 0 aliphatic carbocycles. The molecule has 2 aromatic rings. The molecule has 0 aliphatic heterocycles. The number of carbonyl (C=O) groups excluding carboxylic acids is 1. The molecule has 0 bridgehead atoms. The van der Waals surface area contributed by atoms with Crippen LogP contribution in [0.25, 0.3) is 0 Å². The highest BCUT2D eigenvalue weighted by atomic mass is 16.6. The summed E-state index contributed by atoms with van der Waals surface area (Å²) in [5.74, 6) is 0.